The summed E-state index contributed by atoms with van der Waals surface area (Å²) < 4.78 is 11.2. The molecule has 2 fully saturated rings. The number of benzene rings is 1. The van der Waals surface area contributed by atoms with Crippen LogP contribution in [0.2, 0.25) is 0 Å². The molecule has 1 saturated heterocycles. The Morgan fingerprint density at radius 3 is 2.92 bits per heavy atom. The second-order valence-corrected chi connectivity index (χ2v) is 7.72. The third kappa shape index (κ3) is 5.90. The second-order valence-electron chi connectivity index (χ2n) is 7.72. The minimum absolute atomic E-state index is 0.142. The smallest absolute Gasteiger partial charge is 0.306 e. The molecule has 144 valence electrons. The minimum Gasteiger partial charge on any atom is -0.461 e. The van der Waals surface area contributed by atoms with E-state index in [-0.39, 0.29) is 12.6 Å². The van der Waals surface area contributed by atoms with Gasteiger partial charge in [-0.1, -0.05) is 32.3 Å². The molecule has 0 amide bonds. The van der Waals surface area contributed by atoms with E-state index >= 15 is 0 Å². The van der Waals surface area contributed by atoms with Crippen LogP contribution in [0.1, 0.15) is 63.9 Å². The van der Waals surface area contributed by atoms with Crippen LogP contribution in [0.15, 0.2) is 18.2 Å². The predicted molar refractivity (Wildman–Crippen MR) is 104 cm³/mol. The summed E-state index contributed by atoms with van der Waals surface area (Å²) in [7, 11) is 0. The topological polar surface area (TPSA) is 73.6 Å². The Kier molecular flexibility index (Phi) is 6.78. The molecule has 1 aromatic rings. The predicted octanol–water partition coefficient (Wildman–Crippen LogP) is 4.26. The summed E-state index contributed by atoms with van der Waals surface area (Å²) in [5.41, 5.74) is 8.81. The average Bonchev–Trinajstić information content (AvgIpc) is 3.44. The zero-order valence-electron chi connectivity index (χ0n) is 15.8. The van der Waals surface area contributed by atoms with Crippen LogP contribution in [-0.2, 0) is 20.9 Å². The maximum absolute atomic E-state index is 11.6. The number of carbonyl (C=O) groups excluding carboxylic acids is 1. The molecule has 1 saturated carbocycles. The molecule has 1 aliphatic carbocycles. The summed E-state index contributed by atoms with van der Waals surface area (Å²) in [4.78, 5) is 11.6. The van der Waals surface area contributed by atoms with Gasteiger partial charge in [0, 0.05) is 19.1 Å². The van der Waals surface area contributed by atoms with Crippen LogP contribution in [0, 0.1) is 5.92 Å². The zero-order chi connectivity index (χ0) is 18.4. The number of anilines is 2. The molecule has 2 aliphatic rings. The summed E-state index contributed by atoms with van der Waals surface area (Å²) in [6.07, 6.45) is 8.74. The van der Waals surface area contributed by atoms with E-state index in [9.17, 15) is 4.79 Å². The van der Waals surface area contributed by atoms with Gasteiger partial charge in [0.1, 0.15) is 6.61 Å². The SMILES string of the molecule is CCCCC(=O)OCc1ccc(NC2CCOC(CC3CC3)C2)c(N)c1. The van der Waals surface area contributed by atoms with E-state index in [1.54, 1.807) is 0 Å². The Hall–Kier alpha value is -1.75. The summed E-state index contributed by atoms with van der Waals surface area (Å²) in [6, 6.07) is 6.28. The molecular weight excluding hydrogens is 328 g/mol. The molecule has 0 aromatic heterocycles. The van der Waals surface area contributed by atoms with Gasteiger partial charge in [0.2, 0.25) is 0 Å². The summed E-state index contributed by atoms with van der Waals surface area (Å²) in [5, 5.41) is 3.58. The molecule has 2 unspecified atom stereocenters. The molecule has 1 heterocycles. The van der Waals surface area contributed by atoms with Gasteiger partial charge in [0.05, 0.1) is 17.5 Å². The van der Waals surface area contributed by atoms with E-state index in [0.29, 0.717) is 24.3 Å². The van der Waals surface area contributed by atoms with Gasteiger partial charge in [-0.05, 0) is 49.3 Å². The highest BCUT2D eigenvalue weighted by Crippen LogP contribution is 2.36. The minimum atomic E-state index is -0.142. The Labute approximate surface area is 156 Å². The van der Waals surface area contributed by atoms with E-state index in [4.69, 9.17) is 15.2 Å². The fraction of sp³-hybridized carbons (Fsp3) is 0.667. The highest BCUT2D eigenvalue weighted by Gasteiger charge is 2.30. The molecule has 5 nitrogen and oxygen atoms in total. The standard InChI is InChI=1S/C21H32N2O3/c1-2-3-4-21(24)26-14-16-7-8-20(19(22)12-16)23-17-9-10-25-18(13-17)11-15-5-6-15/h7-8,12,15,17-18,23H,2-6,9-11,13-14,22H2,1H3. The lowest BCUT2D eigenvalue weighted by Crippen LogP contribution is -2.34. The highest BCUT2D eigenvalue weighted by atomic mass is 16.5. The molecule has 26 heavy (non-hydrogen) atoms. The van der Waals surface area contributed by atoms with Crippen LogP contribution in [-0.4, -0.2) is 24.7 Å². The van der Waals surface area contributed by atoms with E-state index in [2.05, 4.69) is 12.2 Å². The maximum atomic E-state index is 11.6. The zero-order valence-corrected chi connectivity index (χ0v) is 15.8. The Bertz CT molecular complexity index is 601. The maximum Gasteiger partial charge on any atom is 0.306 e. The molecule has 5 heteroatoms. The number of esters is 1. The molecule has 1 aromatic carbocycles. The third-order valence-corrected chi connectivity index (χ3v) is 5.27. The van der Waals surface area contributed by atoms with E-state index in [1.165, 1.54) is 19.3 Å². The molecule has 3 rings (SSSR count). The second kappa shape index (κ2) is 9.26. The normalized spacial score (nSPS) is 22.8. The number of hydrogen-bond donors (Lipinski definition) is 2. The number of carbonyl (C=O) groups is 1. The van der Waals surface area contributed by atoms with Crippen LogP contribution in [0.5, 0.6) is 0 Å². The molecule has 0 radical (unpaired) electrons. The summed E-state index contributed by atoms with van der Waals surface area (Å²) in [6.45, 7) is 3.17. The van der Waals surface area contributed by atoms with Gasteiger partial charge < -0.3 is 20.5 Å². The lowest BCUT2D eigenvalue weighted by atomic mass is 9.99. The molecule has 1 aliphatic heterocycles. The molecule has 0 bridgehead atoms. The van der Waals surface area contributed by atoms with Crippen molar-refractivity contribution in [2.75, 3.05) is 17.7 Å². The van der Waals surface area contributed by atoms with Gasteiger partial charge in [0.25, 0.3) is 0 Å². The van der Waals surface area contributed by atoms with Crippen molar-refractivity contribution in [3.05, 3.63) is 23.8 Å². The Balaban J connectivity index is 1.48. The van der Waals surface area contributed by atoms with E-state index < -0.39 is 0 Å². The van der Waals surface area contributed by atoms with E-state index in [0.717, 1.165) is 49.5 Å². The van der Waals surface area contributed by atoms with Crippen molar-refractivity contribution in [2.45, 2.75) is 77.0 Å². The largest absolute Gasteiger partial charge is 0.461 e. The van der Waals surface area contributed by atoms with Crippen LogP contribution < -0.4 is 11.1 Å². The number of ether oxygens (including phenoxy) is 2. The Morgan fingerprint density at radius 2 is 2.19 bits per heavy atom. The summed E-state index contributed by atoms with van der Waals surface area (Å²) >= 11 is 0. The Morgan fingerprint density at radius 1 is 1.35 bits per heavy atom. The van der Waals surface area contributed by atoms with Gasteiger partial charge in [-0.15, -0.1) is 0 Å². The summed E-state index contributed by atoms with van der Waals surface area (Å²) in [5.74, 6) is 0.750. The van der Waals surface area contributed by atoms with Crippen molar-refractivity contribution in [1.82, 2.24) is 0 Å². The van der Waals surface area contributed by atoms with Crippen LogP contribution >= 0.6 is 0 Å². The van der Waals surface area contributed by atoms with Crippen molar-refractivity contribution < 1.29 is 14.3 Å². The first-order valence-corrected chi connectivity index (χ1v) is 10.1. The fourth-order valence-corrected chi connectivity index (χ4v) is 3.51. The molecule has 0 spiro atoms. The average molecular weight is 360 g/mol. The van der Waals surface area contributed by atoms with Crippen molar-refractivity contribution in [1.29, 1.82) is 0 Å². The first-order chi connectivity index (χ1) is 12.6. The number of nitrogens with one attached hydrogen (secondary N) is 1. The van der Waals surface area contributed by atoms with Crippen LogP contribution in [0.3, 0.4) is 0 Å². The number of unbranched alkanes of at least 4 members (excludes halogenated alkanes) is 1. The first kappa shape index (κ1) is 19.0. The van der Waals surface area contributed by atoms with Crippen LogP contribution in [0.25, 0.3) is 0 Å². The van der Waals surface area contributed by atoms with E-state index in [1.807, 2.05) is 18.2 Å². The lowest BCUT2D eigenvalue weighted by Gasteiger charge is -2.31. The molecule has 2 atom stereocenters. The van der Waals surface area contributed by atoms with Gasteiger partial charge in [-0.3, -0.25) is 4.79 Å². The lowest BCUT2D eigenvalue weighted by molar-refractivity contribution is -0.145. The van der Waals surface area contributed by atoms with Crippen LogP contribution in [0.4, 0.5) is 11.4 Å². The number of nitrogens with two attached hydrogens (primary N) is 1. The fourth-order valence-electron chi connectivity index (χ4n) is 3.51. The molecular formula is C21H32N2O3. The first-order valence-electron chi connectivity index (χ1n) is 10.1. The number of rotatable bonds is 9. The van der Waals surface area contributed by atoms with Gasteiger partial charge in [0.15, 0.2) is 0 Å². The number of nitrogen functional groups attached to an aromatic ring is 1. The van der Waals surface area contributed by atoms with Crippen molar-refractivity contribution in [3.63, 3.8) is 0 Å². The third-order valence-electron chi connectivity index (χ3n) is 5.27. The molecule has 3 N–H and O–H groups in total. The van der Waals surface area contributed by atoms with Gasteiger partial charge >= 0.3 is 5.97 Å². The van der Waals surface area contributed by atoms with Gasteiger partial charge in [-0.2, -0.15) is 0 Å². The monoisotopic (exact) mass is 360 g/mol. The number of hydrogen-bond acceptors (Lipinski definition) is 5. The van der Waals surface area contributed by atoms with Crippen molar-refractivity contribution >= 4 is 17.3 Å². The van der Waals surface area contributed by atoms with Crippen molar-refractivity contribution in [2.24, 2.45) is 5.92 Å². The van der Waals surface area contributed by atoms with Gasteiger partial charge in [-0.25, -0.2) is 0 Å². The van der Waals surface area contributed by atoms with Crippen molar-refractivity contribution in [3.8, 4) is 0 Å². The quantitative estimate of drug-likeness (QED) is 0.508. The highest BCUT2D eigenvalue weighted by molar-refractivity contribution is 5.70.